The molecule has 0 aliphatic carbocycles. The molecule has 1 aromatic rings. The molecule has 0 aromatic heterocycles. The van der Waals surface area contributed by atoms with E-state index >= 15 is 0 Å². The molecule has 1 aliphatic heterocycles. The molecule has 0 unspecified atom stereocenters. The summed E-state index contributed by atoms with van der Waals surface area (Å²) >= 11 is 0. The van der Waals surface area contributed by atoms with Gasteiger partial charge in [0, 0.05) is 19.6 Å². The Kier molecular flexibility index (Phi) is 7.83. The fourth-order valence-electron chi connectivity index (χ4n) is 2.91. The van der Waals surface area contributed by atoms with E-state index < -0.39 is 0 Å². The number of guanidine groups is 1. The molecule has 0 radical (unpaired) electrons. The van der Waals surface area contributed by atoms with Crippen molar-refractivity contribution in [1.29, 1.82) is 0 Å². The summed E-state index contributed by atoms with van der Waals surface area (Å²) in [5.74, 6) is 1.73. The number of hydrogen-bond acceptors (Lipinski definition) is 2. The lowest BCUT2D eigenvalue weighted by molar-refractivity contribution is 0.185. The molecule has 0 amide bonds. The third-order valence-electron chi connectivity index (χ3n) is 4.48. The number of hydrogen-bond donors (Lipinski definition) is 2. The van der Waals surface area contributed by atoms with Crippen molar-refractivity contribution in [2.45, 2.75) is 39.8 Å². The van der Waals surface area contributed by atoms with Crippen LogP contribution in [0.5, 0.6) is 0 Å². The van der Waals surface area contributed by atoms with E-state index in [-0.39, 0.29) is 0 Å². The lowest BCUT2D eigenvalue weighted by Crippen LogP contribution is -2.37. The molecule has 0 bridgehead atoms. The highest BCUT2D eigenvalue weighted by molar-refractivity contribution is 5.79. The van der Waals surface area contributed by atoms with Crippen LogP contribution in [0.2, 0.25) is 0 Å². The summed E-state index contributed by atoms with van der Waals surface area (Å²) in [7, 11) is 0. The summed E-state index contributed by atoms with van der Waals surface area (Å²) in [6.45, 7) is 14.0. The molecule has 2 rings (SSSR count). The van der Waals surface area contributed by atoms with Gasteiger partial charge in [0.25, 0.3) is 0 Å². The molecule has 0 spiro atoms. The van der Waals surface area contributed by atoms with Gasteiger partial charge in [-0.2, -0.15) is 0 Å². The van der Waals surface area contributed by atoms with Crippen molar-refractivity contribution in [3.8, 4) is 0 Å². The summed E-state index contributed by atoms with van der Waals surface area (Å²) in [6.07, 6.45) is 4.50. The van der Waals surface area contributed by atoms with E-state index in [4.69, 9.17) is 0 Å². The minimum atomic E-state index is 0.688. The maximum Gasteiger partial charge on any atom is 0.191 e. The molecule has 1 aliphatic rings. The lowest BCUT2D eigenvalue weighted by atomic mass is 9.99. The Hall–Kier alpha value is -1.81. The van der Waals surface area contributed by atoms with Crippen molar-refractivity contribution >= 4 is 5.96 Å². The predicted molar refractivity (Wildman–Crippen MR) is 103 cm³/mol. The van der Waals surface area contributed by atoms with Crippen LogP contribution in [-0.4, -0.2) is 37.0 Å². The lowest BCUT2D eigenvalue weighted by Gasteiger charge is -2.30. The summed E-state index contributed by atoms with van der Waals surface area (Å²) in [5, 5.41) is 6.47. The maximum absolute atomic E-state index is 4.61. The number of piperidine rings is 1. The SMILES string of the molecule is C=CCNC(=NCc1ccc(CN2CCC(C)CC2)cc1)NCC. The third-order valence-corrected chi connectivity index (χ3v) is 4.48. The number of aliphatic imine (C=N–C) groups is 1. The Morgan fingerprint density at radius 1 is 1.21 bits per heavy atom. The first-order valence-corrected chi connectivity index (χ1v) is 9.14. The fraction of sp³-hybridized carbons (Fsp3) is 0.550. The highest BCUT2D eigenvalue weighted by atomic mass is 15.2. The van der Waals surface area contributed by atoms with Crippen LogP contribution in [0.1, 0.15) is 37.8 Å². The average molecular weight is 329 g/mol. The van der Waals surface area contributed by atoms with Gasteiger partial charge < -0.3 is 10.6 Å². The molecule has 1 aromatic carbocycles. The van der Waals surface area contributed by atoms with Gasteiger partial charge in [-0.3, -0.25) is 4.90 Å². The Labute approximate surface area is 147 Å². The monoisotopic (exact) mass is 328 g/mol. The molecule has 1 heterocycles. The predicted octanol–water partition coefficient (Wildman–Crippen LogP) is 3.16. The molecule has 2 N–H and O–H groups in total. The van der Waals surface area contributed by atoms with Crippen LogP contribution in [-0.2, 0) is 13.1 Å². The van der Waals surface area contributed by atoms with Gasteiger partial charge >= 0.3 is 0 Å². The fourth-order valence-corrected chi connectivity index (χ4v) is 2.91. The van der Waals surface area contributed by atoms with Crippen LogP contribution in [0.4, 0.5) is 0 Å². The van der Waals surface area contributed by atoms with Crippen LogP contribution in [0.15, 0.2) is 41.9 Å². The van der Waals surface area contributed by atoms with E-state index in [0.29, 0.717) is 6.54 Å². The Morgan fingerprint density at radius 3 is 2.50 bits per heavy atom. The van der Waals surface area contributed by atoms with Crippen LogP contribution >= 0.6 is 0 Å². The number of rotatable bonds is 7. The first-order valence-electron chi connectivity index (χ1n) is 9.14. The standard InChI is InChI=1S/C20H32N4/c1-4-12-22-20(21-5-2)23-15-18-6-8-19(9-7-18)16-24-13-10-17(3)11-14-24/h4,6-9,17H,1,5,10-16H2,2-3H3,(H2,21,22,23). The summed E-state index contributed by atoms with van der Waals surface area (Å²) in [6, 6.07) is 8.88. The van der Waals surface area contributed by atoms with Gasteiger partial charge in [0.2, 0.25) is 0 Å². The second-order valence-electron chi connectivity index (χ2n) is 6.64. The van der Waals surface area contributed by atoms with Gasteiger partial charge in [0.05, 0.1) is 6.54 Å². The molecule has 132 valence electrons. The van der Waals surface area contributed by atoms with Crippen LogP contribution in [0.3, 0.4) is 0 Å². The van der Waals surface area contributed by atoms with Crippen molar-refractivity contribution < 1.29 is 0 Å². The van der Waals surface area contributed by atoms with Gasteiger partial charge in [0.15, 0.2) is 5.96 Å². The van der Waals surface area contributed by atoms with Crippen LogP contribution in [0, 0.1) is 5.92 Å². The summed E-state index contributed by atoms with van der Waals surface area (Å²) in [4.78, 5) is 7.18. The average Bonchev–Trinajstić information content (AvgIpc) is 2.60. The zero-order valence-corrected chi connectivity index (χ0v) is 15.2. The van der Waals surface area contributed by atoms with Gasteiger partial charge in [-0.1, -0.05) is 37.3 Å². The quantitative estimate of drug-likeness (QED) is 0.459. The molecule has 4 nitrogen and oxygen atoms in total. The first-order chi connectivity index (χ1) is 11.7. The highest BCUT2D eigenvalue weighted by Crippen LogP contribution is 2.18. The molecular weight excluding hydrogens is 296 g/mol. The number of nitrogens with one attached hydrogen (secondary N) is 2. The Balaban J connectivity index is 1.85. The van der Waals surface area contributed by atoms with Crippen LogP contribution in [0.25, 0.3) is 0 Å². The number of nitrogens with zero attached hydrogens (tertiary/aromatic N) is 2. The smallest absolute Gasteiger partial charge is 0.191 e. The minimum absolute atomic E-state index is 0.688. The number of benzene rings is 1. The van der Waals surface area contributed by atoms with Crippen molar-refractivity contribution in [2.75, 3.05) is 26.2 Å². The van der Waals surface area contributed by atoms with Gasteiger partial charge in [0.1, 0.15) is 0 Å². The molecule has 0 saturated carbocycles. The molecule has 1 saturated heterocycles. The van der Waals surface area contributed by atoms with E-state index in [1.807, 2.05) is 6.08 Å². The normalized spacial score (nSPS) is 16.8. The van der Waals surface area contributed by atoms with E-state index in [9.17, 15) is 0 Å². The van der Waals surface area contributed by atoms with E-state index in [1.54, 1.807) is 0 Å². The topological polar surface area (TPSA) is 39.7 Å². The second-order valence-corrected chi connectivity index (χ2v) is 6.64. The third kappa shape index (κ3) is 6.36. The highest BCUT2D eigenvalue weighted by Gasteiger charge is 2.15. The largest absolute Gasteiger partial charge is 0.357 e. The van der Waals surface area contributed by atoms with Crippen molar-refractivity contribution in [3.63, 3.8) is 0 Å². The molecule has 4 heteroatoms. The van der Waals surface area contributed by atoms with E-state index in [2.05, 4.69) is 65.2 Å². The first kappa shape index (κ1) is 18.5. The molecule has 1 fully saturated rings. The van der Waals surface area contributed by atoms with Crippen LogP contribution < -0.4 is 10.6 Å². The van der Waals surface area contributed by atoms with Gasteiger partial charge in [-0.25, -0.2) is 4.99 Å². The Morgan fingerprint density at radius 2 is 1.88 bits per heavy atom. The Bertz CT molecular complexity index is 513. The number of likely N-dealkylation sites (tertiary alicyclic amines) is 1. The molecule has 24 heavy (non-hydrogen) atoms. The molecular formula is C20H32N4. The van der Waals surface area contributed by atoms with E-state index in [0.717, 1.165) is 31.5 Å². The van der Waals surface area contributed by atoms with Crippen molar-refractivity contribution in [3.05, 3.63) is 48.0 Å². The van der Waals surface area contributed by atoms with E-state index in [1.165, 1.54) is 37.1 Å². The second kappa shape index (κ2) is 10.1. The van der Waals surface area contributed by atoms with Crippen molar-refractivity contribution in [2.24, 2.45) is 10.9 Å². The maximum atomic E-state index is 4.61. The van der Waals surface area contributed by atoms with Crippen molar-refractivity contribution in [1.82, 2.24) is 15.5 Å². The zero-order valence-electron chi connectivity index (χ0n) is 15.2. The minimum Gasteiger partial charge on any atom is -0.357 e. The summed E-state index contributed by atoms with van der Waals surface area (Å²) in [5.41, 5.74) is 2.63. The zero-order chi connectivity index (χ0) is 17.2. The van der Waals surface area contributed by atoms with Gasteiger partial charge in [-0.05, 0) is 49.9 Å². The molecule has 0 atom stereocenters. The summed E-state index contributed by atoms with van der Waals surface area (Å²) < 4.78 is 0. The van der Waals surface area contributed by atoms with Gasteiger partial charge in [-0.15, -0.1) is 6.58 Å².